The highest BCUT2D eigenvalue weighted by Crippen LogP contribution is 2.42. The highest BCUT2D eigenvalue weighted by atomic mass is 19.4. The van der Waals surface area contributed by atoms with Crippen LogP contribution in [0, 0.1) is 5.92 Å². The lowest BCUT2D eigenvalue weighted by Crippen LogP contribution is -2.58. The SMILES string of the molecule is O=C1N[C@]2(CO1)C[C@H](C(=O)N1CCC(c3cccc(CC(F)(F)F)c3)CC1)C2. The summed E-state index contributed by atoms with van der Waals surface area (Å²) in [6.07, 6.45) is -2.83. The van der Waals surface area contributed by atoms with Gasteiger partial charge in [-0.15, -0.1) is 0 Å². The van der Waals surface area contributed by atoms with Gasteiger partial charge in [-0.05, 0) is 42.7 Å². The molecule has 0 radical (unpaired) electrons. The van der Waals surface area contributed by atoms with E-state index in [1.165, 1.54) is 6.07 Å². The van der Waals surface area contributed by atoms with Crippen LogP contribution in [-0.2, 0) is 16.0 Å². The van der Waals surface area contributed by atoms with Crippen LogP contribution >= 0.6 is 0 Å². The Morgan fingerprint density at radius 1 is 1.25 bits per heavy atom. The molecule has 0 aromatic heterocycles. The molecule has 8 heteroatoms. The molecule has 2 saturated heterocycles. The third kappa shape index (κ3) is 3.95. The van der Waals surface area contributed by atoms with Crippen LogP contribution in [0.3, 0.4) is 0 Å². The number of hydrogen-bond donors (Lipinski definition) is 1. The van der Waals surface area contributed by atoms with Gasteiger partial charge in [0.05, 0.1) is 12.0 Å². The third-order valence-electron chi connectivity index (χ3n) is 6.10. The van der Waals surface area contributed by atoms with Crippen molar-refractivity contribution in [3.63, 3.8) is 0 Å². The lowest BCUT2D eigenvalue weighted by molar-refractivity contribution is -0.142. The summed E-state index contributed by atoms with van der Waals surface area (Å²) in [4.78, 5) is 25.8. The minimum atomic E-state index is -4.21. The van der Waals surface area contributed by atoms with Gasteiger partial charge in [-0.1, -0.05) is 24.3 Å². The number of halogens is 3. The summed E-state index contributed by atoms with van der Waals surface area (Å²) in [5, 5.41) is 2.79. The lowest BCUT2D eigenvalue weighted by Gasteiger charge is -2.45. The number of benzene rings is 1. The second-order valence-electron chi connectivity index (χ2n) is 8.22. The number of ether oxygens (including phenoxy) is 1. The Balaban J connectivity index is 1.30. The first-order valence-electron chi connectivity index (χ1n) is 9.62. The van der Waals surface area contributed by atoms with Gasteiger partial charge in [-0.3, -0.25) is 4.79 Å². The maximum atomic E-state index is 12.7. The average Bonchev–Trinajstić information content (AvgIpc) is 3.01. The maximum Gasteiger partial charge on any atom is 0.407 e. The van der Waals surface area contributed by atoms with E-state index in [1.54, 1.807) is 12.1 Å². The van der Waals surface area contributed by atoms with Crippen molar-refractivity contribution in [2.45, 2.75) is 49.7 Å². The highest BCUT2D eigenvalue weighted by Gasteiger charge is 2.53. The molecule has 0 atom stereocenters. The molecule has 1 aromatic carbocycles. The number of cyclic esters (lactones) is 1. The van der Waals surface area contributed by atoms with Crippen LogP contribution in [0.25, 0.3) is 0 Å². The van der Waals surface area contributed by atoms with Crippen molar-refractivity contribution in [3.05, 3.63) is 35.4 Å². The van der Waals surface area contributed by atoms with Crippen LogP contribution in [0.5, 0.6) is 0 Å². The number of likely N-dealkylation sites (tertiary alicyclic amines) is 1. The monoisotopic (exact) mass is 396 g/mol. The predicted octanol–water partition coefficient (Wildman–Crippen LogP) is 3.39. The van der Waals surface area contributed by atoms with Crippen LogP contribution < -0.4 is 5.32 Å². The number of carbonyl (C=O) groups is 2. The van der Waals surface area contributed by atoms with Crippen molar-refractivity contribution in [2.24, 2.45) is 5.92 Å². The van der Waals surface area contributed by atoms with Crippen molar-refractivity contribution in [1.82, 2.24) is 10.2 Å². The number of rotatable bonds is 3. The van der Waals surface area contributed by atoms with E-state index >= 15 is 0 Å². The number of nitrogens with one attached hydrogen (secondary N) is 1. The van der Waals surface area contributed by atoms with Crippen molar-refractivity contribution in [1.29, 1.82) is 0 Å². The van der Waals surface area contributed by atoms with Crippen molar-refractivity contribution in [3.8, 4) is 0 Å². The first-order chi connectivity index (χ1) is 13.2. The molecule has 1 saturated carbocycles. The van der Waals surface area contributed by atoms with Crippen molar-refractivity contribution >= 4 is 12.0 Å². The molecule has 2 heterocycles. The van der Waals surface area contributed by atoms with Gasteiger partial charge in [0.15, 0.2) is 0 Å². The smallest absolute Gasteiger partial charge is 0.407 e. The number of nitrogens with zero attached hydrogens (tertiary/aromatic N) is 1. The zero-order chi connectivity index (χ0) is 19.9. The van der Waals surface area contributed by atoms with Gasteiger partial charge in [0, 0.05) is 19.0 Å². The molecule has 2 aliphatic heterocycles. The normalized spacial score (nSPS) is 28.0. The molecule has 0 bridgehead atoms. The highest BCUT2D eigenvalue weighted by molar-refractivity contribution is 5.81. The molecule has 0 unspecified atom stereocenters. The number of alkyl carbamates (subject to hydrolysis) is 1. The van der Waals surface area contributed by atoms with E-state index in [9.17, 15) is 22.8 Å². The molecule has 1 aromatic rings. The number of alkyl halides is 3. The Morgan fingerprint density at radius 2 is 1.96 bits per heavy atom. The van der Waals surface area contributed by atoms with Gasteiger partial charge < -0.3 is 15.0 Å². The largest absolute Gasteiger partial charge is 0.447 e. The Kier molecular flexibility index (Phi) is 4.75. The second-order valence-corrected chi connectivity index (χ2v) is 8.22. The van der Waals surface area contributed by atoms with Gasteiger partial charge in [-0.25, -0.2) is 4.79 Å². The van der Waals surface area contributed by atoms with E-state index in [-0.39, 0.29) is 28.8 Å². The zero-order valence-electron chi connectivity index (χ0n) is 15.4. The fourth-order valence-corrected chi connectivity index (χ4v) is 4.65. The summed E-state index contributed by atoms with van der Waals surface area (Å²) in [5.74, 6) is 0.192. The molecular weight excluding hydrogens is 373 g/mol. The molecule has 4 rings (SSSR count). The second kappa shape index (κ2) is 6.97. The summed E-state index contributed by atoms with van der Waals surface area (Å²) in [6, 6.07) is 6.71. The Bertz CT molecular complexity index is 766. The lowest BCUT2D eigenvalue weighted by atomic mass is 9.68. The van der Waals surface area contributed by atoms with E-state index in [4.69, 9.17) is 4.74 Å². The third-order valence-corrected chi connectivity index (χ3v) is 6.10. The van der Waals surface area contributed by atoms with Crippen LogP contribution in [0.4, 0.5) is 18.0 Å². The Hall–Kier alpha value is -2.25. The van der Waals surface area contributed by atoms with E-state index in [1.807, 2.05) is 11.0 Å². The topological polar surface area (TPSA) is 58.6 Å². The maximum absolute atomic E-state index is 12.7. The summed E-state index contributed by atoms with van der Waals surface area (Å²) in [5.41, 5.74) is 0.834. The van der Waals surface area contributed by atoms with Gasteiger partial charge in [0.25, 0.3) is 0 Å². The summed E-state index contributed by atoms with van der Waals surface area (Å²) in [7, 11) is 0. The Morgan fingerprint density at radius 3 is 2.57 bits per heavy atom. The average molecular weight is 396 g/mol. The Labute approximate surface area is 161 Å². The molecule has 2 amide bonds. The molecule has 1 spiro atoms. The number of amides is 2. The fourth-order valence-electron chi connectivity index (χ4n) is 4.65. The number of piperidine rings is 1. The summed E-state index contributed by atoms with van der Waals surface area (Å²) in [6.45, 7) is 1.55. The van der Waals surface area contributed by atoms with Gasteiger partial charge in [0.1, 0.15) is 6.61 Å². The molecule has 1 N–H and O–H groups in total. The van der Waals surface area contributed by atoms with Crippen LogP contribution in [0.1, 0.15) is 42.7 Å². The van der Waals surface area contributed by atoms with E-state index < -0.39 is 18.7 Å². The first-order valence-corrected chi connectivity index (χ1v) is 9.62. The summed E-state index contributed by atoms with van der Waals surface area (Å²) < 4.78 is 42.8. The molecule has 28 heavy (non-hydrogen) atoms. The van der Waals surface area contributed by atoms with E-state index in [0.717, 1.165) is 18.4 Å². The summed E-state index contributed by atoms with van der Waals surface area (Å²) >= 11 is 0. The number of hydrogen-bond acceptors (Lipinski definition) is 3. The van der Waals surface area contributed by atoms with Crippen LogP contribution in [0.15, 0.2) is 24.3 Å². The minimum Gasteiger partial charge on any atom is -0.447 e. The molecule has 152 valence electrons. The molecule has 1 aliphatic carbocycles. The number of carbonyl (C=O) groups excluding carboxylic acids is 2. The minimum absolute atomic E-state index is 0.0892. The first kappa shape index (κ1) is 19.1. The van der Waals surface area contributed by atoms with Crippen LogP contribution in [-0.4, -0.2) is 48.3 Å². The zero-order valence-corrected chi connectivity index (χ0v) is 15.4. The predicted molar refractivity (Wildman–Crippen MR) is 94.7 cm³/mol. The van der Waals surface area contributed by atoms with Gasteiger partial charge in [-0.2, -0.15) is 13.2 Å². The standard InChI is InChI=1S/C20H23F3N2O3/c21-20(22,23)9-13-2-1-3-15(8-13)14-4-6-25(7-5-14)17(26)16-10-19(11-16)12-28-18(27)24-19/h1-3,8,14,16H,4-7,9-12H2,(H,24,27)/t16-,19+. The molecule has 3 aliphatic rings. The van der Waals surface area contributed by atoms with E-state index in [2.05, 4.69) is 5.32 Å². The van der Waals surface area contributed by atoms with E-state index in [0.29, 0.717) is 32.5 Å². The van der Waals surface area contributed by atoms with Crippen molar-refractivity contribution in [2.75, 3.05) is 19.7 Å². The van der Waals surface area contributed by atoms with Crippen molar-refractivity contribution < 1.29 is 27.5 Å². The van der Waals surface area contributed by atoms with Gasteiger partial charge >= 0.3 is 12.3 Å². The molecule has 3 fully saturated rings. The molecular formula is C20H23F3N2O3. The quantitative estimate of drug-likeness (QED) is 0.852. The fraction of sp³-hybridized carbons (Fsp3) is 0.600. The van der Waals surface area contributed by atoms with Gasteiger partial charge in [0.2, 0.25) is 5.91 Å². The molecule has 5 nitrogen and oxygen atoms in total. The van der Waals surface area contributed by atoms with Crippen LogP contribution in [0.2, 0.25) is 0 Å².